The standard InChI is InChI=1S/C8H17NO/c1-6-7(2)9(3)5-4-8(6)10/h6-8,10H,4-5H2,1-3H3/t6-,7-,8-/m1/s1. The number of aliphatic hydroxyl groups excluding tert-OH is 1. The fraction of sp³-hybridized carbons (Fsp3) is 1.00. The van der Waals surface area contributed by atoms with Crippen molar-refractivity contribution < 1.29 is 5.11 Å². The van der Waals surface area contributed by atoms with Crippen molar-refractivity contribution in [3.63, 3.8) is 0 Å². The zero-order valence-corrected chi connectivity index (χ0v) is 7.04. The van der Waals surface area contributed by atoms with Crippen molar-refractivity contribution >= 4 is 0 Å². The molecule has 0 aromatic rings. The molecule has 0 saturated carbocycles. The number of likely N-dealkylation sites (tertiary alicyclic amines) is 1. The maximum Gasteiger partial charge on any atom is 0.0592 e. The van der Waals surface area contributed by atoms with E-state index in [0.29, 0.717) is 12.0 Å². The maximum absolute atomic E-state index is 9.44. The Morgan fingerprint density at radius 2 is 2.00 bits per heavy atom. The number of hydrogen-bond donors (Lipinski definition) is 1. The molecular formula is C8H17NO. The van der Waals surface area contributed by atoms with Crippen LogP contribution in [0.2, 0.25) is 0 Å². The van der Waals surface area contributed by atoms with Gasteiger partial charge in [0.15, 0.2) is 0 Å². The van der Waals surface area contributed by atoms with Crippen molar-refractivity contribution in [1.29, 1.82) is 0 Å². The Kier molecular flexibility index (Phi) is 2.32. The molecule has 0 spiro atoms. The third-order valence-electron chi connectivity index (χ3n) is 2.84. The van der Waals surface area contributed by atoms with E-state index in [1.54, 1.807) is 0 Å². The smallest absolute Gasteiger partial charge is 0.0592 e. The summed E-state index contributed by atoms with van der Waals surface area (Å²) in [5, 5.41) is 9.44. The van der Waals surface area contributed by atoms with Gasteiger partial charge in [-0.1, -0.05) is 6.92 Å². The molecule has 1 aliphatic heterocycles. The number of aliphatic hydroxyl groups is 1. The van der Waals surface area contributed by atoms with Gasteiger partial charge in [0.2, 0.25) is 0 Å². The monoisotopic (exact) mass is 143 g/mol. The Balaban J connectivity index is 2.52. The Labute approximate surface area is 62.8 Å². The van der Waals surface area contributed by atoms with E-state index >= 15 is 0 Å². The Hall–Kier alpha value is -0.0800. The summed E-state index contributed by atoms with van der Waals surface area (Å²) in [5.41, 5.74) is 0. The van der Waals surface area contributed by atoms with Crippen molar-refractivity contribution in [1.82, 2.24) is 4.90 Å². The molecule has 0 aliphatic carbocycles. The van der Waals surface area contributed by atoms with Crippen molar-refractivity contribution in [3.8, 4) is 0 Å². The van der Waals surface area contributed by atoms with Crippen LogP contribution in [0.1, 0.15) is 20.3 Å². The SMILES string of the molecule is C[C@H]1[C@H](O)CCN(C)[C@@H]1C. The van der Waals surface area contributed by atoms with Crippen LogP contribution in [-0.4, -0.2) is 35.7 Å². The lowest BCUT2D eigenvalue weighted by molar-refractivity contribution is 0.0102. The van der Waals surface area contributed by atoms with Gasteiger partial charge in [0.1, 0.15) is 0 Å². The Morgan fingerprint density at radius 1 is 1.40 bits per heavy atom. The second-order valence-electron chi connectivity index (χ2n) is 3.44. The second-order valence-corrected chi connectivity index (χ2v) is 3.44. The minimum atomic E-state index is -0.0776. The largest absolute Gasteiger partial charge is 0.393 e. The molecule has 0 bridgehead atoms. The van der Waals surface area contributed by atoms with Crippen LogP contribution in [-0.2, 0) is 0 Å². The van der Waals surface area contributed by atoms with Crippen LogP contribution in [0.15, 0.2) is 0 Å². The minimum Gasteiger partial charge on any atom is -0.393 e. The van der Waals surface area contributed by atoms with Crippen molar-refractivity contribution in [2.45, 2.75) is 32.4 Å². The number of piperidine rings is 1. The molecule has 0 amide bonds. The molecule has 0 radical (unpaired) electrons. The third-order valence-corrected chi connectivity index (χ3v) is 2.84. The summed E-state index contributed by atoms with van der Waals surface area (Å²) >= 11 is 0. The Bertz CT molecular complexity index is 102. The van der Waals surface area contributed by atoms with Gasteiger partial charge < -0.3 is 10.0 Å². The van der Waals surface area contributed by atoms with Gasteiger partial charge in [-0.25, -0.2) is 0 Å². The molecule has 0 unspecified atom stereocenters. The van der Waals surface area contributed by atoms with Crippen LogP contribution in [0, 0.1) is 5.92 Å². The average molecular weight is 143 g/mol. The minimum absolute atomic E-state index is 0.0776. The average Bonchev–Trinajstić information content (AvgIpc) is 1.93. The molecule has 1 fully saturated rings. The second kappa shape index (κ2) is 2.89. The summed E-state index contributed by atoms with van der Waals surface area (Å²) in [4.78, 5) is 2.30. The molecule has 0 aromatic carbocycles. The van der Waals surface area contributed by atoms with E-state index in [-0.39, 0.29) is 6.10 Å². The van der Waals surface area contributed by atoms with Crippen LogP contribution in [0.25, 0.3) is 0 Å². The number of hydrogen-bond acceptors (Lipinski definition) is 2. The van der Waals surface area contributed by atoms with Crippen LogP contribution in [0.5, 0.6) is 0 Å². The summed E-state index contributed by atoms with van der Waals surface area (Å²) in [5.74, 6) is 0.429. The number of nitrogens with zero attached hydrogens (tertiary/aromatic N) is 1. The van der Waals surface area contributed by atoms with Gasteiger partial charge in [-0.05, 0) is 26.3 Å². The zero-order valence-electron chi connectivity index (χ0n) is 7.04. The van der Waals surface area contributed by atoms with Gasteiger partial charge in [0, 0.05) is 12.6 Å². The highest BCUT2D eigenvalue weighted by atomic mass is 16.3. The lowest BCUT2D eigenvalue weighted by Crippen LogP contribution is -2.46. The van der Waals surface area contributed by atoms with Crippen molar-refractivity contribution in [3.05, 3.63) is 0 Å². The van der Waals surface area contributed by atoms with Gasteiger partial charge >= 0.3 is 0 Å². The highest BCUT2D eigenvalue weighted by Crippen LogP contribution is 2.21. The highest BCUT2D eigenvalue weighted by molar-refractivity contribution is 4.82. The molecule has 1 N–H and O–H groups in total. The molecule has 1 aliphatic rings. The summed E-state index contributed by atoms with van der Waals surface area (Å²) in [6, 6.07) is 0.531. The molecule has 2 nitrogen and oxygen atoms in total. The van der Waals surface area contributed by atoms with E-state index in [2.05, 4.69) is 25.8 Å². The first-order valence-electron chi connectivity index (χ1n) is 4.01. The molecule has 1 heterocycles. The first-order chi connectivity index (χ1) is 4.63. The normalized spacial score (nSPS) is 43.8. The van der Waals surface area contributed by atoms with Crippen molar-refractivity contribution in [2.75, 3.05) is 13.6 Å². The maximum atomic E-state index is 9.44. The van der Waals surface area contributed by atoms with E-state index < -0.39 is 0 Å². The fourth-order valence-corrected chi connectivity index (χ4v) is 1.53. The van der Waals surface area contributed by atoms with E-state index in [4.69, 9.17) is 0 Å². The van der Waals surface area contributed by atoms with Gasteiger partial charge in [-0.3, -0.25) is 0 Å². The molecule has 10 heavy (non-hydrogen) atoms. The zero-order chi connectivity index (χ0) is 7.72. The summed E-state index contributed by atoms with van der Waals surface area (Å²) in [6.45, 7) is 5.32. The molecule has 3 atom stereocenters. The van der Waals surface area contributed by atoms with Gasteiger partial charge in [0.05, 0.1) is 6.10 Å². The first kappa shape index (κ1) is 8.02. The molecule has 1 saturated heterocycles. The molecule has 60 valence electrons. The quantitative estimate of drug-likeness (QED) is 0.540. The molecular weight excluding hydrogens is 126 g/mol. The van der Waals surface area contributed by atoms with E-state index in [0.717, 1.165) is 13.0 Å². The van der Waals surface area contributed by atoms with Crippen LogP contribution in [0.3, 0.4) is 0 Å². The van der Waals surface area contributed by atoms with Crippen LogP contribution in [0.4, 0.5) is 0 Å². The lowest BCUT2D eigenvalue weighted by Gasteiger charge is -2.38. The summed E-state index contributed by atoms with van der Waals surface area (Å²) in [7, 11) is 2.12. The fourth-order valence-electron chi connectivity index (χ4n) is 1.53. The lowest BCUT2D eigenvalue weighted by atomic mass is 9.90. The van der Waals surface area contributed by atoms with Gasteiger partial charge in [-0.2, -0.15) is 0 Å². The van der Waals surface area contributed by atoms with Crippen LogP contribution >= 0.6 is 0 Å². The highest BCUT2D eigenvalue weighted by Gasteiger charge is 2.28. The molecule has 0 aromatic heterocycles. The first-order valence-corrected chi connectivity index (χ1v) is 4.01. The molecule has 2 heteroatoms. The summed E-state index contributed by atoms with van der Waals surface area (Å²) < 4.78 is 0. The predicted octanol–water partition coefficient (Wildman–Crippen LogP) is 0.707. The number of rotatable bonds is 0. The van der Waals surface area contributed by atoms with E-state index in [1.807, 2.05) is 0 Å². The topological polar surface area (TPSA) is 23.5 Å². The summed E-state index contributed by atoms with van der Waals surface area (Å²) in [6.07, 6.45) is 0.855. The van der Waals surface area contributed by atoms with E-state index in [1.165, 1.54) is 0 Å². The Morgan fingerprint density at radius 3 is 2.50 bits per heavy atom. The predicted molar refractivity (Wildman–Crippen MR) is 41.9 cm³/mol. The van der Waals surface area contributed by atoms with Crippen LogP contribution < -0.4 is 0 Å². The van der Waals surface area contributed by atoms with E-state index in [9.17, 15) is 5.11 Å². The van der Waals surface area contributed by atoms with Gasteiger partial charge in [0.25, 0.3) is 0 Å². The van der Waals surface area contributed by atoms with Crippen molar-refractivity contribution in [2.24, 2.45) is 5.92 Å². The van der Waals surface area contributed by atoms with Gasteiger partial charge in [-0.15, -0.1) is 0 Å². The third kappa shape index (κ3) is 1.32. The molecule has 1 rings (SSSR count).